The highest BCUT2D eigenvalue weighted by atomic mass is 32.1. The van der Waals surface area contributed by atoms with Gasteiger partial charge in [0.2, 0.25) is 0 Å². The third-order valence-electron chi connectivity index (χ3n) is 3.20. The maximum atomic E-state index is 12.1. The average Bonchev–Trinajstić information content (AvgIpc) is 2.63. The second-order valence-corrected chi connectivity index (χ2v) is 4.87. The van der Waals surface area contributed by atoms with Crippen LogP contribution < -0.4 is 5.32 Å². The van der Waals surface area contributed by atoms with E-state index >= 15 is 0 Å². The van der Waals surface area contributed by atoms with Crippen molar-refractivity contribution in [2.24, 2.45) is 0 Å². The molecule has 6 nitrogen and oxygen atoms in total. The Balaban J connectivity index is 2.44. The minimum Gasteiger partial charge on any atom is -0.311 e. The molecule has 2 fully saturated rings. The summed E-state index contributed by atoms with van der Waals surface area (Å²) in [5, 5.41) is 2.81. The summed E-state index contributed by atoms with van der Waals surface area (Å²) in [6.45, 7) is 1.80. The Kier molecular flexibility index (Phi) is 3.34. The van der Waals surface area contributed by atoms with Crippen LogP contribution in [0.1, 0.15) is 6.92 Å². The summed E-state index contributed by atoms with van der Waals surface area (Å²) in [6, 6.07) is -0.423. The number of rotatable bonds is 3. The molecule has 2 atom stereocenters. The highest BCUT2D eigenvalue weighted by Gasteiger charge is 2.62. The zero-order valence-electron chi connectivity index (χ0n) is 9.20. The summed E-state index contributed by atoms with van der Waals surface area (Å²) in [5.74, 6) is 0.712. The van der Waals surface area contributed by atoms with Crippen LogP contribution in [0.5, 0.6) is 0 Å². The van der Waals surface area contributed by atoms with Gasteiger partial charge in [0.05, 0.1) is 17.6 Å². The van der Waals surface area contributed by atoms with Crippen LogP contribution in [0.2, 0.25) is 0 Å². The summed E-state index contributed by atoms with van der Waals surface area (Å²) < 4.78 is 0. The molecule has 4 amide bonds. The van der Waals surface area contributed by atoms with Crippen LogP contribution in [0.15, 0.2) is 0 Å². The number of nitrogens with one attached hydrogen (secondary N) is 1. The molecule has 0 aromatic heterocycles. The summed E-state index contributed by atoms with van der Waals surface area (Å²) in [6.07, 6.45) is -0.398. The third kappa shape index (κ3) is 1.59. The zero-order chi connectivity index (χ0) is 12.8. The molecule has 2 aliphatic heterocycles. The van der Waals surface area contributed by atoms with E-state index in [9.17, 15) is 9.59 Å². The molecular formula is C8H14N4O2S3. The van der Waals surface area contributed by atoms with E-state index in [4.69, 9.17) is 0 Å². The second-order valence-electron chi connectivity index (χ2n) is 4.03. The van der Waals surface area contributed by atoms with Gasteiger partial charge in [0.15, 0.2) is 11.8 Å². The number of carbonyl (C=O) groups excluding carboxylic acids is 2. The third-order valence-corrected chi connectivity index (χ3v) is 4.09. The second kappa shape index (κ2) is 4.36. The van der Waals surface area contributed by atoms with Crippen molar-refractivity contribution in [1.82, 2.24) is 20.0 Å². The number of thiol groups is 3. The molecule has 2 rings (SSSR count). The molecule has 9 heteroatoms. The first-order valence-corrected chi connectivity index (χ1v) is 6.90. The summed E-state index contributed by atoms with van der Waals surface area (Å²) in [5.41, 5.74) is -0.776. The lowest BCUT2D eigenvalue weighted by atomic mass is 10.1. The Hall–Kier alpha value is -0.410. The monoisotopic (exact) mass is 294 g/mol. The van der Waals surface area contributed by atoms with Crippen molar-refractivity contribution >= 4 is 49.9 Å². The first-order chi connectivity index (χ1) is 8.01. The van der Waals surface area contributed by atoms with Crippen LogP contribution in [0.3, 0.4) is 0 Å². The van der Waals surface area contributed by atoms with Crippen LogP contribution in [0, 0.1) is 0 Å². The van der Waals surface area contributed by atoms with E-state index in [2.05, 4.69) is 43.2 Å². The Bertz CT molecular complexity index is 369. The molecule has 0 saturated carbocycles. The van der Waals surface area contributed by atoms with E-state index in [-0.39, 0.29) is 29.7 Å². The lowest BCUT2D eigenvalue weighted by Crippen LogP contribution is -2.55. The quantitative estimate of drug-likeness (QED) is 0.572. The molecule has 0 aromatic rings. The largest absolute Gasteiger partial charge is 0.325 e. The molecule has 0 aromatic carbocycles. The lowest BCUT2D eigenvalue weighted by Gasteiger charge is -2.32. The van der Waals surface area contributed by atoms with Crippen molar-refractivity contribution < 1.29 is 9.59 Å². The fourth-order valence-corrected chi connectivity index (χ4v) is 3.36. The van der Waals surface area contributed by atoms with Gasteiger partial charge in [0.1, 0.15) is 0 Å². The van der Waals surface area contributed by atoms with Gasteiger partial charge in [-0.2, -0.15) is 37.9 Å². The Morgan fingerprint density at radius 3 is 2.24 bits per heavy atom. The number of fused-ring (bicyclic) bond motifs is 1. The highest BCUT2D eigenvalue weighted by molar-refractivity contribution is 7.80. The highest BCUT2D eigenvalue weighted by Crippen LogP contribution is 2.37. The number of nitrogens with zero attached hydrogens (tertiary/aromatic N) is 3. The molecule has 17 heavy (non-hydrogen) atoms. The molecule has 0 aliphatic carbocycles. The Morgan fingerprint density at radius 1 is 1.18 bits per heavy atom. The fourth-order valence-electron chi connectivity index (χ4n) is 2.39. The molecule has 2 heterocycles. The first-order valence-electron chi connectivity index (χ1n) is 5.01. The van der Waals surface area contributed by atoms with Gasteiger partial charge in [-0.3, -0.25) is 14.7 Å². The maximum Gasteiger partial charge on any atom is 0.325 e. The molecule has 0 radical (unpaired) electrons. The smallest absolute Gasteiger partial charge is 0.311 e. The first kappa shape index (κ1) is 13.0. The lowest BCUT2D eigenvalue weighted by molar-refractivity contribution is 0.121. The summed E-state index contributed by atoms with van der Waals surface area (Å²) in [4.78, 5) is 28.4. The van der Waals surface area contributed by atoms with Crippen molar-refractivity contribution in [2.45, 2.75) is 18.8 Å². The minimum atomic E-state index is -0.776. The van der Waals surface area contributed by atoms with Crippen LogP contribution in [0.4, 0.5) is 9.59 Å². The molecule has 0 bridgehead atoms. The maximum absolute atomic E-state index is 12.1. The van der Waals surface area contributed by atoms with Gasteiger partial charge in [-0.15, -0.1) is 0 Å². The van der Waals surface area contributed by atoms with E-state index in [1.54, 1.807) is 6.92 Å². The topological polar surface area (TPSA) is 55.9 Å². The van der Waals surface area contributed by atoms with Crippen molar-refractivity contribution in [3.63, 3.8) is 0 Å². The van der Waals surface area contributed by atoms with Crippen molar-refractivity contribution in [1.29, 1.82) is 0 Å². The van der Waals surface area contributed by atoms with Gasteiger partial charge in [-0.1, -0.05) is 0 Å². The van der Waals surface area contributed by atoms with Crippen molar-refractivity contribution in [2.75, 3.05) is 17.6 Å². The van der Waals surface area contributed by atoms with Crippen LogP contribution >= 0.6 is 37.9 Å². The van der Waals surface area contributed by atoms with Crippen molar-refractivity contribution in [3.05, 3.63) is 0 Å². The average molecular weight is 294 g/mol. The number of urea groups is 2. The van der Waals surface area contributed by atoms with E-state index in [1.807, 2.05) is 0 Å². The van der Waals surface area contributed by atoms with E-state index in [0.29, 0.717) is 0 Å². The van der Waals surface area contributed by atoms with Crippen LogP contribution in [0.25, 0.3) is 0 Å². The zero-order valence-corrected chi connectivity index (χ0v) is 11.9. The van der Waals surface area contributed by atoms with E-state index in [1.165, 1.54) is 14.7 Å². The molecule has 0 spiro atoms. The van der Waals surface area contributed by atoms with Crippen LogP contribution in [-0.2, 0) is 0 Å². The summed E-state index contributed by atoms with van der Waals surface area (Å²) >= 11 is 12.4. The number of hydrogen-bond acceptors (Lipinski definition) is 5. The molecule has 1 N–H and O–H groups in total. The number of hydrogen-bond donors (Lipinski definition) is 4. The minimum absolute atomic E-state index is 0.186. The van der Waals surface area contributed by atoms with E-state index in [0.717, 1.165) is 0 Å². The number of carbonyl (C=O) groups is 2. The predicted molar refractivity (Wildman–Crippen MR) is 73.2 cm³/mol. The van der Waals surface area contributed by atoms with Gasteiger partial charge < -0.3 is 5.32 Å². The normalized spacial score (nSPS) is 32.2. The van der Waals surface area contributed by atoms with Gasteiger partial charge in [0, 0.05) is 0 Å². The van der Waals surface area contributed by atoms with Gasteiger partial charge >= 0.3 is 12.1 Å². The Morgan fingerprint density at radius 2 is 1.76 bits per heavy atom. The molecule has 2 saturated heterocycles. The van der Waals surface area contributed by atoms with Crippen LogP contribution in [-0.4, -0.2) is 56.2 Å². The van der Waals surface area contributed by atoms with Crippen molar-refractivity contribution in [3.8, 4) is 0 Å². The molecule has 2 aliphatic rings. The molecule has 2 unspecified atom stereocenters. The number of amides is 4. The standard InChI is InChI=1S/C8H14N4O2S3/c1-8-5(10(2-15)6(13)9-8)11(3-16)7(14)12(8)4-17/h5,15-17H,2-4H2,1H3,(H,9,13). The van der Waals surface area contributed by atoms with E-state index < -0.39 is 11.8 Å². The SMILES string of the molecule is CC12NC(=O)N(CS)C1N(CS)C(=O)N2CS. The predicted octanol–water partition coefficient (Wildman–Crippen LogP) is 0.453. The molecular weight excluding hydrogens is 280 g/mol. The molecule has 96 valence electrons. The summed E-state index contributed by atoms with van der Waals surface area (Å²) in [7, 11) is 0. The Labute approximate surface area is 116 Å². The van der Waals surface area contributed by atoms with Gasteiger partial charge in [0.25, 0.3) is 0 Å². The van der Waals surface area contributed by atoms with Gasteiger partial charge in [-0.25, -0.2) is 9.59 Å². The fraction of sp³-hybridized carbons (Fsp3) is 0.750. The van der Waals surface area contributed by atoms with Gasteiger partial charge in [-0.05, 0) is 6.92 Å².